The number of aromatic nitrogens is 2. The molecule has 2 aromatic carbocycles. The molecule has 6 heteroatoms. The molecule has 1 N–H and O–H groups in total. The number of ether oxygens (including phenoxy) is 1. The van der Waals surface area contributed by atoms with Crippen LogP contribution in [0, 0.1) is 5.92 Å². The molecule has 0 spiro atoms. The number of methoxy groups -OCH3 is 1. The molecule has 0 bridgehead atoms. The number of hydrogen-bond donors (Lipinski definition) is 1. The van der Waals surface area contributed by atoms with Gasteiger partial charge in [0, 0.05) is 13.1 Å². The van der Waals surface area contributed by atoms with E-state index in [2.05, 4.69) is 14.9 Å². The lowest BCUT2D eigenvalue weighted by atomic mass is 10.1. The van der Waals surface area contributed by atoms with E-state index < -0.39 is 0 Å². The van der Waals surface area contributed by atoms with E-state index in [4.69, 9.17) is 4.74 Å². The van der Waals surface area contributed by atoms with Crippen molar-refractivity contribution in [1.29, 1.82) is 0 Å². The second-order valence-corrected chi connectivity index (χ2v) is 6.61. The number of aromatic amines is 1. The van der Waals surface area contributed by atoms with E-state index >= 15 is 0 Å². The fourth-order valence-electron chi connectivity index (χ4n) is 3.11. The molecule has 0 fully saturated rings. The highest BCUT2D eigenvalue weighted by molar-refractivity contribution is 5.77. The van der Waals surface area contributed by atoms with Gasteiger partial charge >= 0.3 is 5.97 Å². The molecule has 0 radical (unpaired) electrons. The highest BCUT2D eigenvalue weighted by Crippen LogP contribution is 2.13. The van der Waals surface area contributed by atoms with Gasteiger partial charge in [0.15, 0.2) is 0 Å². The average Bonchev–Trinajstić information content (AvgIpc) is 2.68. The van der Waals surface area contributed by atoms with E-state index in [1.165, 1.54) is 7.11 Å². The molecule has 0 aliphatic rings. The van der Waals surface area contributed by atoms with Crippen molar-refractivity contribution in [3.8, 4) is 0 Å². The van der Waals surface area contributed by atoms with Crippen molar-refractivity contribution in [3.05, 3.63) is 76.3 Å². The van der Waals surface area contributed by atoms with Gasteiger partial charge in [0.1, 0.15) is 5.82 Å². The molecule has 0 saturated heterocycles. The smallest absolute Gasteiger partial charge is 0.309 e. The van der Waals surface area contributed by atoms with E-state index in [0.29, 0.717) is 36.4 Å². The third-order valence-corrected chi connectivity index (χ3v) is 4.42. The lowest BCUT2D eigenvalue weighted by Gasteiger charge is -2.24. The molecular formula is C21H23N3O3. The minimum atomic E-state index is -0.286. The Bertz CT molecular complexity index is 969. The number of esters is 1. The summed E-state index contributed by atoms with van der Waals surface area (Å²) in [5, 5.41) is 0.568. The lowest BCUT2D eigenvalue weighted by molar-refractivity contribution is -0.145. The maximum atomic E-state index is 12.3. The topological polar surface area (TPSA) is 75.3 Å². The Labute approximate surface area is 157 Å². The van der Waals surface area contributed by atoms with Gasteiger partial charge in [-0.25, -0.2) is 4.98 Å². The van der Waals surface area contributed by atoms with E-state index in [-0.39, 0.29) is 17.4 Å². The summed E-state index contributed by atoms with van der Waals surface area (Å²) in [6, 6.07) is 17.3. The Morgan fingerprint density at radius 2 is 1.81 bits per heavy atom. The van der Waals surface area contributed by atoms with Crippen LogP contribution in [0.1, 0.15) is 18.3 Å². The van der Waals surface area contributed by atoms with Gasteiger partial charge in [-0.05, 0) is 17.7 Å². The molecule has 140 valence electrons. The van der Waals surface area contributed by atoms with Gasteiger partial charge in [-0.3, -0.25) is 14.5 Å². The molecule has 1 heterocycles. The van der Waals surface area contributed by atoms with Crippen LogP contribution in [0.3, 0.4) is 0 Å². The normalized spacial score (nSPS) is 12.3. The van der Waals surface area contributed by atoms with Crippen LogP contribution in [0.4, 0.5) is 0 Å². The number of fused-ring (bicyclic) bond motifs is 1. The van der Waals surface area contributed by atoms with Crippen molar-refractivity contribution in [2.24, 2.45) is 5.92 Å². The van der Waals surface area contributed by atoms with Gasteiger partial charge in [0.2, 0.25) is 0 Å². The minimum absolute atomic E-state index is 0.156. The largest absolute Gasteiger partial charge is 0.469 e. The van der Waals surface area contributed by atoms with E-state index in [0.717, 1.165) is 5.56 Å². The number of rotatable bonds is 7. The summed E-state index contributed by atoms with van der Waals surface area (Å²) < 4.78 is 4.85. The van der Waals surface area contributed by atoms with Crippen molar-refractivity contribution in [1.82, 2.24) is 14.9 Å². The lowest BCUT2D eigenvalue weighted by Crippen LogP contribution is -2.33. The molecule has 3 rings (SSSR count). The third-order valence-electron chi connectivity index (χ3n) is 4.42. The minimum Gasteiger partial charge on any atom is -0.469 e. The van der Waals surface area contributed by atoms with Gasteiger partial charge in [-0.2, -0.15) is 0 Å². The predicted octanol–water partition coefficient (Wildman–Crippen LogP) is 2.73. The Hall–Kier alpha value is -2.99. The number of hydrogen-bond acceptors (Lipinski definition) is 5. The quantitative estimate of drug-likeness (QED) is 0.652. The summed E-state index contributed by atoms with van der Waals surface area (Å²) in [4.78, 5) is 33.7. The molecule has 1 unspecified atom stereocenters. The summed E-state index contributed by atoms with van der Waals surface area (Å²) in [7, 11) is 1.39. The predicted molar refractivity (Wildman–Crippen MR) is 104 cm³/mol. The number of carbonyl (C=O) groups excluding carboxylic acids is 1. The molecule has 3 aromatic rings. The number of H-pyrrole nitrogens is 1. The molecule has 0 aliphatic carbocycles. The first-order chi connectivity index (χ1) is 13.1. The summed E-state index contributed by atoms with van der Waals surface area (Å²) in [6.07, 6.45) is 0. The van der Waals surface area contributed by atoms with Crippen LogP contribution in [0.2, 0.25) is 0 Å². The van der Waals surface area contributed by atoms with Crippen molar-refractivity contribution >= 4 is 16.9 Å². The third kappa shape index (κ3) is 4.80. The van der Waals surface area contributed by atoms with E-state index in [1.54, 1.807) is 6.07 Å². The summed E-state index contributed by atoms with van der Waals surface area (Å²) in [6.45, 7) is 3.40. The molecule has 0 aliphatic heterocycles. The molecule has 0 amide bonds. The fourth-order valence-corrected chi connectivity index (χ4v) is 3.11. The molecule has 1 atom stereocenters. The number of benzene rings is 2. The SMILES string of the molecule is COC(=O)C(C)CN(Cc1ccccc1)Cc1nc2ccccc2c(=O)[nH]1. The zero-order valence-electron chi connectivity index (χ0n) is 15.5. The first kappa shape index (κ1) is 18.8. The Morgan fingerprint density at radius 1 is 1.11 bits per heavy atom. The first-order valence-electron chi connectivity index (χ1n) is 8.89. The van der Waals surface area contributed by atoms with E-state index in [9.17, 15) is 9.59 Å². The summed E-state index contributed by atoms with van der Waals surface area (Å²) in [5.74, 6) is 0.0330. The maximum Gasteiger partial charge on any atom is 0.309 e. The van der Waals surface area contributed by atoms with Gasteiger partial charge in [0.25, 0.3) is 5.56 Å². The van der Waals surface area contributed by atoms with E-state index in [1.807, 2.05) is 55.5 Å². The molecule has 0 saturated carbocycles. The highest BCUT2D eigenvalue weighted by Gasteiger charge is 2.19. The monoisotopic (exact) mass is 365 g/mol. The molecule has 27 heavy (non-hydrogen) atoms. The fraction of sp³-hybridized carbons (Fsp3) is 0.286. The van der Waals surface area contributed by atoms with Crippen LogP contribution in [-0.2, 0) is 22.6 Å². The van der Waals surface area contributed by atoms with Crippen LogP contribution < -0.4 is 5.56 Å². The Kier molecular flexibility index (Phi) is 5.98. The van der Waals surface area contributed by atoms with Crippen LogP contribution >= 0.6 is 0 Å². The zero-order chi connectivity index (χ0) is 19.2. The summed E-state index contributed by atoms with van der Waals surface area (Å²) >= 11 is 0. The van der Waals surface area contributed by atoms with Crippen LogP contribution in [0.25, 0.3) is 10.9 Å². The van der Waals surface area contributed by atoms with Gasteiger partial charge in [0.05, 0.1) is 30.5 Å². The standard InChI is InChI=1S/C21H23N3O3/c1-15(21(26)27-2)12-24(13-16-8-4-3-5-9-16)14-19-22-18-11-7-6-10-17(18)20(25)23-19/h3-11,15H,12-14H2,1-2H3,(H,22,23,25). The second-order valence-electron chi connectivity index (χ2n) is 6.61. The first-order valence-corrected chi connectivity index (χ1v) is 8.89. The number of carbonyl (C=O) groups is 1. The van der Waals surface area contributed by atoms with Crippen molar-refractivity contribution in [2.45, 2.75) is 20.0 Å². The molecular weight excluding hydrogens is 342 g/mol. The van der Waals surface area contributed by atoms with Gasteiger partial charge in [-0.15, -0.1) is 0 Å². The Morgan fingerprint density at radius 3 is 2.56 bits per heavy atom. The molecule has 6 nitrogen and oxygen atoms in total. The maximum absolute atomic E-state index is 12.3. The highest BCUT2D eigenvalue weighted by atomic mass is 16.5. The zero-order valence-corrected chi connectivity index (χ0v) is 15.5. The van der Waals surface area contributed by atoms with Crippen LogP contribution in [0.15, 0.2) is 59.4 Å². The van der Waals surface area contributed by atoms with Crippen LogP contribution in [0.5, 0.6) is 0 Å². The van der Waals surface area contributed by atoms with Gasteiger partial charge < -0.3 is 9.72 Å². The molecule has 1 aromatic heterocycles. The van der Waals surface area contributed by atoms with Crippen molar-refractivity contribution in [2.75, 3.05) is 13.7 Å². The Balaban J connectivity index is 1.86. The van der Waals surface area contributed by atoms with Gasteiger partial charge in [-0.1, -0.05) is 49.4 Å². The number of nitrogens with zero attached hydrogens (tertiary/aromatic N) is 2. The van der Waals surface area contributed by atoms with Crippen molar-refractivity contribution < 1.29 is 9.53 Å². The van der Waals surface area contributed by atoms with Crippen molar-refractivity contribution in [3.63, 3.8) is 0 Å². The average molecular weight is 365 g/mol. The number of para-hydroxylation sites is 1. The summed E-state index contributed by atoms with van der Waals surface area (Å²) in [5.41, 5.74) is 1.63. The second kappa shape index (κ2) is 8.60. The van der Waals surface area contributed by atoms with Crippen LogP contribution in [-0.4, -0.2) is 34.5 Å². The number of nitrogens with one attached hydrogen (secondary N) is 1.